The summed E-state index contributed by atoms with van der Waals surface area (Å²) < 4.78 is 1.83. The second kappa shape index (κ2) is 6.73. The highest BCUT2D eigenvalue weighted by Gasteiger charge is 2.13. The zero-order valence-corrected chi connectivity index (χ0v) is 12.9. The van der Waals surface area contributed by atoms with Crippen molar-refractivity contribution in [2.75, 3.05) is 0 Å². The summed E-state index contributed by atoms with van der Waals surface area (Å²) in [5, 5.41) is 9.11. The van der Waals surface area contributed by atoms with Crippen LogP contribution in [0.2, 0.25) is 5.02 Å². The van der Waals surface area contributed by atoms with E-state index in [2.05, 4.69) is 22.4 Å². The fourth-order valence-corrected chi connectivity index (χ4v) is 2.65. The maximum absolute atomic E-state index is 6.07. The summed E-state index contributed by atoms with van der Waals surface area (Å²) in [6, 6.07) is 17.9. The number of nitrogens with two attached hydrogens (primary N) is 1. The van der Waals surface area contributed by atoms with Crippen LogP contribution in [-0.4, -0.2) is 15.0 Å². The summed E-state index contributed by atoms with van der Waals surface area (Å²) in [4.78, 5) is 0. The number of benzene rings is 2. The van der Waals surface area contributed by atoms with Gasteiger partial charge in [0.25, 0.3) is 0 Å². The third-order valence-corrected chi connectivity index (χ3v) is 3.82. The molecule has 5 heteroatoms. The molecule has 22 heavy (non-hydrogen) atoms. The second-order valence-corrected chi connectivity index (χ2v) is 5.50. The van der Waals surface area contributed by atoms with Gasteiger partial charge in [0, 0.05) is 11.6 Å². The summed E-state index contributed by atoms with van der Waals surface area (Å²) >= 11 is 6.07. The highest BCUT2D eigenvalue weighted by molar-refractivity contribution is 6.30. The van der Waals surface area contributed by atoms with Crippen LogP contribution in [-0.2, 0) is 19.4 Å². The normalized spacial score (nSPS) is 10.8. The molecule has 0 atom stereocenters. The lowest BCUT2D eigenvalue weighted by molar-refractivity contribution is 0.752. The van der Waals surface area contributed by atoms with E-state index < -0.39 is 0 Å². The molecule has 0 aliphatic heterocycles. The van der Waals surface area contributed by atoms with Gasteiger partial charge in [-0.25, -0.2) is 4.68 Å². The minimum Gasteiger partial charge on any atom is -0.325 e. The molecule has 3 aromatic rings. The van der Waals surface area contributed by atoms with Crippen molar-refractivity contribution >= 4 is 11.6 Å². The van der Waals surface area contributed by atoms with Crippen LogP contribution in [0.15, 0.2) is 54.6 Å². The fourth-order valence-electron chi connectivity index (χ4n) is 2.46. The van der Waals surface area contributed by atoms with E-state index in [1.807, 2.05) is 47.1 Å². The third kappa shape index (κ3) is 3.18. The molecule has 2 N–H and O–H groups in total. The summed E-state index contributed by atoms with van der Waals surface area (Å²) in [6.45, 7) is 0.380. The number of aromatic nitrogens is 3. The molecule has 0 amide bonds. The first-order valence-electron chi connectivity index (χ1n) is 7.21. The minimum absolute atomic E-state index is 0.380. The van der Waals surface area contributed by atoms with Gasteiger partial charge in [-0.05, 0) is 36.6 Å². The van der Waals surface area contributed by atoms with E-state index in [1.165, 1.54) is 5.56 Å². The largest absolute Gasteiger partial charge is 0.325 e. The van der Waals surface area contributed by atoms with Gasteiger partial charge in [-0.1, -0.05) is 53.2 Å². The summed E-state index contributed by atoms with van der Waals surface area (Å²) in [5.74, 6) is 0. The number of nitrogens with zero attached hydrogens (tertiary/aromatic N) is 3. The van der Waals surface area contributed by atoms with Crippen molar-refractivity contribution in [2.45, 2.75) is 19.4 Å². The molecule has 112 valence electrons. The first-order valence-corrected chi connectivity index (χ1v) is 7.59. The lowest BCUT2D eigenvalue weighted by Gasteiger charge is -2.08. The predicted molar refractivity (Wildman–Crippen MR) is 88.1 cm³/mol. The van der Waals surface area contributed by atoms with Gasteiger partial charge >= 0.3 is 0 Å². The summed E-state index contributed by atoms with van der Waals surface area (Å²) in [7, 11) is 0. The van der Waals surface area contributed by atoms with Crippen molar-refractivity contribution in [3.63, 3.8) is 0 Å². The molecule has 1 aromatic heterocycles. The number of halogens is 1. The number of hydrogen-bond acceptors (Lipinski definition) is 3. The molecule has 0 bridgehead atoms. The Balaban J connectivity index is 1.90. The van der Waals surface area contributed by atoms with Crippen LogP contribution in [0.3, 0.4) is 0 Å². The smallest absolute Gasteiger partial charge is 0.0999 e. The Labute approximate surface area is 134 Å². The Bertz CT molecular complexity index is 752. The van der Waals surface area contributed by atoms with E-state index in [0.717, 1.165) is 29.9 Å². The van der Waals surface area contributed by atoms with E-state index in [-0.39, 0.29) is 0 Å². The second-order valence-electron chi connectivity index (χ2n) is 5.06. The van der Waals surface area contributed by atoms with Crippen LogP contribution >= 0.6 is 11.6 Å². The van der Waals surface area contributed by atoms with E-state index in [1.54, 1.807) is 0 Å². The van der Waals surface area contributed by atoms with Crippen LogP contribution in [0, 0.1) is 0 Å². The van der Waals surface area contributed by atoms with E-state index in [0.29, 0.717) is 11.6 Å². The molecule has 0 radical (unpaired) electrons. The molecule has 0 spiro atoms. The first kappa shape index (κ1) is 14.8. The zero-order valence-electron chi connectivity index (χ0n) is 12.1. The van der Waals surface area contributed by atoms with Crippen molar-refractivity contribution in [3.05, 3.63) is 76.6 Å². The van der Waals surface area contributed by atoms with E-state index in [9.17, 15) is 0 Å². The fraction of sp³-hybridized carbons (Fsp3) is 0.176. The van der Waals surface area contributed by atoms with Crippen molar-refractivity contribution < 1.29 is 0 Å². The average Bonchev–Trinajstić information content (AvgIpc) is 2.97. The van der Waals surface area contributed by atoms with Gasteiger partial charge in [0.1, 0.15) is 0 Å². The van der Waals surface area contributed by atoms with Gasteiger partial charge in [0.2, 0.25) is 0 Å². The van der Waals surface area contributed by atoms with E-state index in [4.69, 9.17) is 17.3 Å². The molecule has 1 heterocycles. The van der Waals surface area contributed by atoms with Gasteiger partial charge in [-0.15, -0.1) is 5.10 Å². The van der Waals surface area contributed by atoms with Crippen LogP contribution in [0.1, 0.15) is 17.0 Å². The van der Waals surface area contributed by atoms with Crippen LogP contribution in [0.25, 0.3) is 5.69 Å². The lowest BCUT2D eigenvalue weighted by Crippen LogP contribution is -2.07. The Morgan fingerprint density at radius 2 is 1.82 bits per heavy atom. The molecule has 0 unspecified atom stereocenters. The first-order chi connectivity index (χ1) is 10.8. The summed E-state index contributed by atoms with van der Waals surface area (Å²) in [6.07, 6.45) is 1.75. The van der Waals surface area contributed by atoms with Crippen LogP contribution in [0.5, 0.6) is 0 Å². The number of rotatable bonds is 5. The zero-order chi connectivity index (χ0) is 15.4. The Morgan fingerprint density at radius 1 is 1.00 bits per heavy atom. The van der Waals surface area contributed by atoms with Gasteiger partial charge in [-0.3, -0.25) is 0 Å². The SMILES string of the molecule is NCc1nnn(-c2cccc(Cl)c2)c1CCc1ccccc1. The quantitative estimate of drug-likeness (QED) is 0.787. The highest BCUT2D eigenvalue weighted by Crippen LogP contribution is 2.18. The van der Waals surface area contributed by atoms with E-state index >= 15 is 0 Å². The maximum Gasteiger partial charge on any atom is 0.0999 e. The minimum atomic E-state index is 0.380. The van der Waals surface area contributed by atoms with Crippen molar-refractivity contribution in [1.82, 2.24) is 15.0 Å². The number of hydrogen-bond donors (Lipinski definition) is 1. The summed E-state index contributed by atoms with van der Waals surface area (Å²) in [5.41, 5.74) is 9.85. The Morgan fingerprint density at radius 3 is 2.55 bits per heavy atom. The van der Waals surface area contributed by atoms with Gasteiger partial charge < -0.3 is 5.73 Å². The Hall–Kier alpha value is -2.17. The van der Waals surface area contributed by atoms with Gasteiger partial charge in [0.05, 0.1) is 17.1 Å². The third-order valence-electron chi connectivity index (χ3n) is 3.58. The van der Waals surface area contributed by atoms with Crippen molar-refractivity contribution in [1.29, 1.82) is 0 Å². The molecule has 0 fully saturated rings. The molecular formula is C17H17ClN4. The van der Waals surface area contributed by atoms with Crippen LogP contribution < -0.4 is 5.73 Å². The molecule has 0 saturated carbocycles. The molecule has 0 aliphatic carbocycles. The Kier molecular flexibility index (Phi) is 4.51. The van der Waals surface area contributed by atoms with Gasteiger partial charge in [0.15, 0.2) is 0 Å². The predicted octanol–water partition coefficient (Wildman–Crippen LogP) is 3.16. The molecular weight excluding hydrogens is 296 g/mol. The van der Waals surface area contributed by atoms with Gasteiger partial charge in [-0.2, -0.15) is 0 Å². The van der Waals surface area contributed by atoms with Crippen molar-refractivity contribution in [2.24, 2.45) is 5.73 Å². The van der Waals surface area contributed by atoms with Crippen molar-refractivity contribution in [3.8, 4) is 5.69 Å². The standard InChI is InChI=1S/C17H17ClN4/c18-14-7-4-8-15(11-14)22-17(16(12-19)20-21-22)10-9-13-5-2-1-3-6-13/h1-8,11H,9-10,12,19H2. The molecule has 4 nitrogen and oxygen atoms in total. The average molecular weight is 313 g/mol. The van der Waals surface area contributed by atoms with Crippen LogP contribution in [0.4, 0.5) is 0 Å². The lowest BCUT2D eigenvalue weighted by atomic mass is 10.1. The maximum atomic E-state index is 6.07. The molecule has 0 saturated heterocycles. The molecule has 3 rings (SSSR count). The number of aryl methyl sites for hydroxylation is 1. The molecule has 0 aliphatic rings. The topological polar surface area (TPSA) is 56.7 Å². The molecule has 2 aromatic carbocycles. The highest BCUT2D eigenvalue weighted by atomic mass is 35.5. The monoisotopic (exact) mass is 312 g/mol.